The molecular weight excluding hydrogens is 208 g/mol. The summed E-state index contributed by atoms with van der Waals surface area (Å²) in [5.74, 6) is 1.22. The molecule has 1 aliphatic rings. The summed E-state index contributed by atoms with van der Waals surface area (Å²) in [7, 11) is 0. The van der Waals surface area contributed by atoms with Crippen molar-refractivity contribution in [3.8, 4) is 11.5 Å². The van der Waals surface area contributed by atoms with Crippen LogP contribution < -0.4 is 9.47 Å². The van der Waals surface area contributed by atoms with Gasteiger partial charge in [0.1, 0.15) is 5.78 Å². The van der Waals surface area contributed by atoms with Crippen molar-refractivity contribution in [3.05, 3.63) is 23.8 Å². The first-order chi connectivity index (χ1) is 7.66. The summed E-state index contributed by atoms with van der Waals surface area (Å²) >= 11 is 0. The van der Waals surface area contributed by atoms with Crippen molar-refractivity contribution >= 4 is 11.6 Å². The number of benzene rings is 1. The molecule has 0 fully saturated rings. The number of ether oxygens (including phenoxy) is 2. The number of Topliss-reactive ketones (excluding diaryl/α,β-unsaturated/α-hetero) is 2. The Balaban J connectivity index is 2.09. The van der Waals surface area contributed by atoms with Crippen molar-refractivity contribution in [2.45, 2.75) is 19.8 Å². The van der Waals surface area contributed by atoms with E-state index in [1.807, 2.05) is 0 Å². The van der Waals surface area contributed by atoms with Gasteiger partial charge in [-0.3, -0.25) is 4.79 Å². The summed E-state index contributed by atoms with van der Waals surface area (Å²) < 4.78 is 10.3. The molecule has 0 spiro atoms. The van der Waals surface area contributed by atoms with Gasteiger partial charge in [0.05, 0.1) is 0 Å². The highest BCUT2D eigenvalue weighted by Gasteiger charge is 2.16. The van der Waals surface area contributed by atoms with Crippen LogP contribution in [0.15, 0.2) is 18.2 Å². The van der Waals surface area contributed by atoms with Crippen molar-refractivity contribution in [1.82, 2.24) is 0 Å². The molecule has 1 aromatic rings. The van der Waals surface area contributed by atoms with Crippen LogP contribution >= 0.6 is 0 Å². The highest BCUT2D eigenvalue weighted by molar-refractivity contribution is 5.98. The highest BCUT2D eigenvalue weighted by atomic mass is 16.7. The molecule has 0 radical (unpaired) electrons. The molecule has 0 saturated heterocycles. The molecule has 4 heteroatoms. The molecule has 16 heavy (non-hydrogen) atoms. The van der Waals surface area contributed by atoms with Gasteiger partial charge < -0.3 is 14.3 Å². The molecule has 0 amide bonds. The molecule has 1 heterocycles. The molecule has 0 saturated carbocycles. The van der Waals surface area contributed by atoms with Crippen LogP contribution in [0, 0.1) is 0 Å². The number of hydrogen-bond donors (Lipinski definition) is 0. The predicted molar refractivity (Wildman–Crippen MR) is 56.8 cm³/mol. The van der Waals surface area contributed by atoms with E-state index in [0.717, 1.165) is 0 Å². The van der Waals surface area contributed by atoms with Gasteiger partial charge in [0.2, 0.25) is 6.79 Å². The third-order valence-corrected chi connectivity index (χ3v) is 2.40. The van der Waals surface area contributed by atoms with E-state index in [-0.39, 0.29) is 31.2 Å². The molecule has 1 aromatic carbocycles. The van der Waals surface area contributed by atoms with Crippen LogP contribution in [0.4, 0.5) is 0 Å². The van der Waals surface area contributed by atoms with Gasteiger partial charge in [-0.15, -0.1) is 0 Å². The van der Waals surface area contributed by atoms with Crippen molar-refractivity contribution in [1.29, 1.82) is 0 Å². The number of ketones is 2. The van der Waals surface area contributed by atoms with E-state index in [9.17, 15) is 9.59 Å². The number of fused-ring (bicyclic) bond motifs is 1. The van der Waals surface area contributed by atoms with Gasteiger partial charge in [0, 0.05) is 18.4 Å². The number of rotatable bonds is 4. The Labute approximate surface area is 93.2 Å². The van der Waals surface area contributed by atoms with Gasteiger partial charge >= 0.3 is 0 Å². The summed E-state index contributed by atoms with van der Waals surface area (Å²) in [6, 6.07) is 5.06. The average Bonchev–Trinajstić information content (AvgIpc) is 2.72. The normalized spacial score (nSPS) is 12.6. The first-order valence-electron chi connectivity index (χ1n) is 5.09. The lowest BCUT2D eigenvalue weighted by molar-refractivity contribution is -0.116. The van der Waals surface area contributed by atoms with Gasteiger partial charge in [0.25, 0.3) is 0 Å². The van der Waals surface area contributed by atoms with Crippen molar-refractivity contribution in [2.24, 2.45) is 0 Å². The molecule has 0 bridgehead atoms. The van der Waals surface area contributed by atoms with E-state index < -0.39 is 0 Å². The van der Waals surface area contributed by atoms with Crippen LogP contribution in [0.25, 0.3) is 0 Å². The maximum atomic E-state index is 11.7. The lowest BCUT2D eigenvalue weighted by Crippen LogP contribution is -2.02. The van der Waals surface area contributed by atoms with Crippen molar-refractivity contribution in [2.75, 3.05) is 6.79 Å². The monoisotopic (exact) mass is 220 g/mol. The van der Waals surface area contributed by atoms with Crippen LogP contribution in [0.1, 0.15) is 30.1 Å². The third-order valence-electron chi connectivity index (χ3n) is 2.40. The Morgan fingerprint density at radius 2 is 1.94 bits per heavy atom. The van der Waals surface area contributed by atoms with Gasteiger partial charge in [0.15, 0.2) is 17.3 Å². The second-order valence-electron chi connectivity index (χ2n) is 3.69. The van der Waals surface area contributed by atoms with E-state index in [1.165, 1.54) is 6.92 Å². The van der Waals surface area contributed by atoms with Crippen LogP contribution in [0.3, 0.4) is 0 Å². The molecule has 4 nitrogen and oxygen atoms in total. The summed E-state index contributed by atoms with van der Waals surface area (Å²) in [4.78, 5) is 22.5. The van der Waals surface area contributed by atoms with E-state index >= 15 is 0 Å². The van der Waals surface area contributed by atoms with E-state index in [2.05, 4.69) is 0 Å². The summed E-state index contributed by atoms with van der Waals surface area (Å²) in [5, 5.41) is 0. The first kappa shape index (κ1) is 10.7. The molecular formula is C12H12O4. The Kier molecular flexibility index (Phi) is 2.90. The first-order valence-corrected chi connectivity index (χ1v) is 5.09. The third kappa shape index (κ3) is 2.21. The molecule has 84 valence electrons. The average molecular weight is 220 g/mol. The summed E-state index contributed by atoms with van der Waals surface area (Å²) in [5.41, 5.74) is 0.561. The van der Waals surface area contributed by atoms with Crippen molar-refractivity contribution in [3.63, 3.8) is 0 Å². The number of hydrogen-bond acceptors (Lipinski definition) is 4. The quantitative estimate of drug-likeness (QED) is 0.728. The Hall–Kier alpha value is -1.84. The maximum Gasteiger partial charge on any atom is 0.231 e. The van der Waals surface area contributed by atoms with Gasteiger partial charge in [-0.25, -0.2) is 0 Å². The zero-order valence-corrected chi connectivity index (χ0v) is 8.99. The van der Waals surface area contributed by atoms with E-state index in [0.29, 0.717) is 17.1 Å². The van der Waals surface area contributed by atoms with Gasteiger partial charge in [-0.2, -0.15) is 0 Å². The topological polar surface area (TPSA) is 52.6 Å². The molecule has 0 atom stereocenters. The fourth-order valence-electron chi connectivity index (χ4n) is 1.50. The second-order valence-corrected chi connectivity index (χ2v) is 3.69. The minimum absolute atomic E-state index is 0.0223. The number of carbonyl (C=O) groups excluding carboxylic acids is 2. The zero-order valence-electron chi connectivity index (χ0n) is 8.99. The van der Waals surface area contributed by atoms with Crippen molar-refractivity contribution < 1.29 is 19.1 Å². The molecule has 0 unspecified atom stereocenters. The Bertz CT molecular complexity index is 437. The smallest absolute Gasteiger partial charge is 0.231 e. The van der Waals surface area contributed by atoms with E-state index in [1.54, 1.807) is 18.2 Å². The predicted octanol–water partition coefficient (Wildman–Crippen LogP) is 1.97. The second kappa shape index (κ2) is 4.35. The maximum absolute atomic E-state index is 11.7. The van der Waals surface area contributed by atoms with Crippen LogP contribution in [-0.4, -0.2) is 18.4 Å². The van der Waals surface area contributed by atoms with Gasteiger partial charge in [-0.05, 0) is 25.1 Å². The fourth-order valence-corrected chi connectivity index (χ4v) is 1.50. The minimum Gasteiger partial charge on any atom is -0.454 e. The Morgan fingerprint density at radius 3 is 2.69 bits per heavy atom. The van der Waals surface area contributed by atoms with E-state index in [4.69, 9.17) is 9.47 Å². The summed E-state index contributed by atoms with van der Waals surface area (Å²) in [6.45, 7) is 1.67. The van der Waals surface area contributed by atoms with Crippen LogP contribution in [0.5, 0.6) is 11.5 Å². The Morgan fingerprint density at radius 1 is 1.19 bits per heavy atom. The molecule has 2 rings (SSSR count). The number of carbonyl (C=O) groups is 2. The largest absolute Gasteiger partial charge is 0.454 e. The molecule has 0 aliphatic carbocycles. The highest BCUT2D eigenvalue weighted by Crippen LogP contribution is 2.32. The zero-order chi connectivity index (χ0) is 11.5. The molecule has 1 aliphatic heterocycles. The lowest BCUT2D eigenvalue weighted by atomic mass is 10.0. The van der Waals surface area contributed by atoms with Gasteiger partial charge in [-0.1, -0.05) is 0 Å². The van der Waals surface area contributed by atoms with Crippen LogP contribution in [0.2, 0.25) is 0 Å². The molecule has 0 aromatic heterocycles. The lowest BCUT2D eigenvalue weighted by Gasteiger charge is -2.01. The fraction of sp³-hybridized carbons (Fsp3) is 0.333. The van der Waals surface area contributed by atoms with Crippen LogP contribution in [-0.2, 0) is 4.79 Å². The SMILES string of the molecule is CC(=O)CCC(=O)c1ccc2c(c1)OCO2. The minimum atomic E-state index is -0.0477. The summed E-state index contributed by atoms with van der Waals surface area (Å²) in [6.07, 6.45) is 0.530. The molecule has 0 N–H and O–H groups in total. The standard InChI is InChI=1S/C12H12O4/c1-8(13)2-4-10(14)9-3-5-11-12(6-9)16-7-15-11/h3,5-6H,2,4,7H2,1H3.